The fraction of sp³-hybridized carbons (Fsp3) is 0.0952. The molecular weight excluding hydrogens is 473 g/mol. The lowest BCUT2D eigenvalue weighted by molar-refractivity contribution is -0.384. The summed E-state index contributed by atoms with van der Waals surface area (Å²) in [7, 11) is -2.66. The number of nitro groups is 1. The van der Waals surface area contributed by atoms with E-state index in [1.807, 2.05) is 0 Å². The van der Waals surface area contributed by atoms with Gasteiger partial charge in [0, 0.05) is 22.7 Å². The topological polar surface area (TPSA) is 128 Å². The van der Waals surface area contributed by atoms with Crippen molar-refractivity contribution in [3.63, 3.8) is 0 Å². The van der Waals surface area contributed by atoms with E-state index in [0.29, 0.717) is 10.6 Å². The number of hydrogen-bond donors (Lipinski definition) is 2. The minimum atomic E-state index is -4.03. The van der Waals surface area contributed by atoms with Crippen LogP contribution in [-0.4, -0.2) is 32.1 Å². The number of halogens is 1. The quantitative estimate of drug-likeness (QED) is 0.260. The third-order valence-electron chi connectivity index (χ3n) is 4.27. The van der Waals surface area contributed by atoms with Crippen molar-refractivity contribution in [1.29, 1.82) is 0 Å². The third kappa shape index (κ3) is 6.43. The fourth-order valence-corrected chi connectivity index (χ4v) is 4.45. The molecule has 0 atom stereocenters. The number of carbonyl (C=O) groups is 1. The molecule has 3 aromatic rings. The number of anilines is 2. The Balaban J connectivity index is 1.68. The lowest BCUT2D eigenvalue weighted by Gasteiger charge is -2.14. The van der Waals surface area contributed by atoms with Gasteiger partial charge in [0.25, 0.3) is 15.7 Å². The second-order valence-corrected chi connectivity index (χ2v) is 9.29. The van der Waals surface area contributed by atoms with Gasteiger partial charge in [-0.05, 0) is 54.6 Å². The van der Waals surface area contributed by atoms with Gasteiger partial charge in [-0.25, -0.2) is 12.8 Å². The molecular formula is C21H18FN3O6S2. The van der Waals surface area contributed by atoms with Crippen LogP contribution < -0.4 is 14.8 Å². The second-order valence-electron chi connectivity index (χ2n) is 6.56. The van der Waals surface area contributed by atoms with E-state index in [9.17, 15) is 27.7 Å². The minimum absolute atomic E-state index is 0.0283. The van der Waals surface area contributed by atoms with E-state index < -0.39 is 20.8 Å². The van der Waals surface area contributed by atoms with Crippen LogP contribution in [0.4, 0.5) is 21.5 Å². The molecule has 0 fully saturated rings. The Morgan fingerprint density at radius 2 is 1.76 bits per heavy atom. The molecule has 0 heterocycles. The zero-order chi connectivity index (χ0) is 24.0. The number of rotatable bonds is 9. The average molecular weight is 492 g/mol. The van der Waals surface area contributed by atoms with Crippen molar-refractivity contribution in [1.82, 2.24) is 0 Å². The summed E-state index contributed by atoms with van der Waals surface area (Å²) in [5, 5.41) is 13.4. The highest BCUT2D eigenvalue weighted by molar-refractivity contribution is 8.00. The van der Waals surface area contributed by atoms with Gasteiger partial charge in [0.2, 0.25) is 5.91 Å². The molecule has 33 heavy (non-hydrogen) atoms. The van der Waals surface area contributed by atoms with Crippen molar-refractivity contribution in [2.75, 3.05) is 22.9 Å². The Kier molecular flexibility index (Phi) is 7.51. The summed E-state index contributed by atoms with van der Waals surface area (Å²) in [6.07, 6.45) is 0. The number of benzene rings is 3. The number of nitrogens with one attached hydrogen (secondary N) is 2. The van der Waals surface area contributed by atoms with Crippen LogP contribution in [-0.2, 0) is 14.8 Å². The summed E-state index contributed by atoms with van der Waals surface area (Å²) >= 11 is 1.19. The predicted octanol–water partition coefficient (Wildman–Crippen LogP) is 4.27. The first-order chi connectivity index (χ1) is 15.7. The maximum Gasteiger partial charge on any atom is 0.269 e. The fourth-order valence-electron chi connectivity index (χ4n) is 2.69. The summed E-state index contributed by atoms with van der Waals surface area (Å²) in [6.45, 7) is 0. The largest absolute Gasteiger partial charge is 0.495 e. The molecule has 0 radical (unpaired) electrons. The Morgan fingerprint density at radius 3 is 2.36 bits per heavy atom. The number of ether oxygens (including phenoxy) is 1. The monoisotopic (exact) mass is 491 g/mol. The minimum Gasteiger partial charge on any atom is -0.495 e. The second kappa shape index (κ2) is 10.3. The predicted molar refractivity (Wildman–Crippen MR) is 123 cm³/mol. The summed E-state index contributed by atoms with van der Waals surface area (Å²) in [5.41, 5.74) is 0.363. The number of thioether (sulfide) groups is 1. The lowest BCUT2D eigenvalue weighted by atomic mass is 10.2. The molecule has 0 aliphatic carbocycles. The molecule has 172 valence electrons. The van der Waals surface area contributed by atoms with Gasteiger partial charge in [-0.2, -0.15) is 0 Å². The first kappa shape index (κ1) is 24.0. The highest BCUT2D eigenvalue weighted by atomic mass is 32.2. The van der Waals surface area contributed by atoms with Crippen LogP contribution in [0.15, 0.2) is 76.5 Å². The molecule has 3 rings (SSSR count). The third-order valence-corrected chi connectivity index (χ3v) is 6.66. The molecule has 0 aliphatic rings. The summed E-state index contributed by atoms with van der Waals surface area (Å²) < 4.78 is 45.9. The lowest BCUT2D eigenvalue weighted by Crippen LogP contribution is -2.16. The number of hydrogen-bond acceptors (Lipinski definition) is 7. The van der Waals surface area contributed by atoms with Crippen molar-refractivity contribution in [3.8, 4) is 5.75 Å². The van der Waals surface area contributed by atoms with Crippen molar-refractivity contribution in [3.05, 3.63) is 82.7 Å². The van der Waals surface area contributed by atoms with E-state index in [1.54, 1.807) is 18.2 Å². The smallest absolute Gasteiger partial charge is 0.269 e. The van der Waals surface area contributed by atoms with Gasteiger partial charge in [-0.3, -0.25) is 19.6 Å². The molecule has 3 aromatic carbocycles. The Morgan fingerprint density at radius 1 is 1.09 bits per heavy atom. The standard InChI is InChI=1S/C21H18FN3O6S2/c1-31-20-11-4-15(12-19(20)24-33(29,30)18-9-2-14(22)3-10-18)23-21(26)13-32-17-7-5-16(6-8-17)25(27)28/h2-12,24H,13H2,1H3,(H,23,26). The SMILES string of the molecule is COc1ccc(NC(=O)CSc2ccc([N+](=O)[O-])cc2)cc1NS(=O)(=O)c1ccc(F)cc1. The number of non-ortho nitro benzene ring substituents is 1. The number of amides is 1. The molecule has 0 saturated carbocycles. The van der Waals surface area contributed by atoms with Gasteiger partial charge < -0.3 is 10.1 Å². The van der Waals surface area contributed by atoms with Gasteiger partial charge in [-0.15, -0.1) is 11.8 Å². The van der Waals surface area contributed by atoms with Crippen LogP contribution in [0.3, 0.4) is 0 Å². The Bertz CT molecular complexity index is 1270. The molecule has 0 saturated heterocycles. The van der Waals surface area contributed by atoms with E-state index in [4.69, 9.17) is 4.74 Å². The van der Waals surface area contributed by atoms with E-state index in [2.05, 4.69) is 10.0 Å². The molecule has 0 aromatic heterocycles. The highest BCUT2D eigenvalue weighted by Crippen LogP contribution is 2.30. The molecule has 0 aliphatic heterocycles. The van der Waals surface area contributed by atoms with E-state index in [0.717, 1.165) is 24.3 Å². The van der Waals surface area contributed by atoms with Crippen molar-refractivity contribution < 1.29 is 27.3 Å². The molecule has 9 nitrogen and oxygen atoms in total. The highest BCUT2D eigenvalue weighted by Gasteiger charge is 2.17. The normalized spacial score (nSPS) is 11.0. The van der Waals surface area contributed by atoms with Crippen LogP contribution in [0, 0.1) is 15.9 Å². The number of nitro benzene ring substituents is 1. The van der Waals surface area contributed by atoms with Crippen molar-refractivity contribution in [2.24, 2.45) is 0 Å². The summed E-state index contributed by atoms with van der Waals surface area (Å²) in [4.78, 5) is 23.1. The van der Waals surface area contributed by atoms with Crippen molar-refractivity contribution in [2.45, 2.75) is 9.79 Å². The van der Waals surface area contributed by atoms with Crippen LogP contribution in [0.25, 0.3) is 0 Å². The molecule has 0 unspecified atom stereocenters. The van der Waals surface area contributed by atoms with Crippen LogP contribution in [0.1, 0.15) is 0 Å². The van der Waals surface area contributed by atoms with Gasteiger partial charge in [0.15, 0.2) is 0 Å². The van der Waals surface area contributed by atoms with Crippen molar-refractivity contribution >= 4 is 44.8 Å². The first-order valence-corrected chi connectivity index (χ1v) is 11.8. The van der Waals surface area contributed by atoms with Crippen LogP contribution >= 0.6 is 11.8 Å². The number of sulfonamides is 1. The Labute approximate surface area is 193 Å². The Hall–Kier alpha value is -3.64. The average Bonchev–Trinajstić information content (AvgIpc) is 2.78. The number of methoxy groups -OCH3 is 1. The van der Waals surface area contributed by atoms with E-state index >= 15 is 0 Å². The summed E-state index contributed by atoms with van der Waals surface area (Å²) in [5.74, 6) is -0.682. The molecule has 12 heteroatoms. The molecule has 0 spiro atoms. The van der Waals surface area contributed by atoms with Gasteiger partial charge >= 0.3 is 0 Å². The van der Waals surface area contributed by atoms with Gasteiger partial charge in [0.05, 0.1) is 28.4 Å². The number of nitrogens with zero attached hydrogens (tertiary/aromatic N) is 1. The zero-order valence-electron chi connectivity index (χ0n) is 17.1. The molecule has 2 N–H and O–H groups in total. The van der Waals surface area contributed by atoms with Gasteiger partial charge in [0.1, 0.15) is 11.6 Å². The first-order valence-electron chi connectivity index (χ1n) is 9.31. The number of carbonyl (C=O) groups excluding carboxylic acids is 1. The summed E-state index contributed by atoms with van der Waals surface area (Å²) in [6, 6.07) is 14.6. The van der Waals surface area contributed by atoms with E-state index in [-0.39, 0.29) is 33.7 Å². The maximum atomic E-state index is 13.1. The zero-order valence-corrected chi connectivity index (χ0v) is 18.8. The molecule has 0 bridgehead atoms. The molecule has 1 amide bonds. The van der Waals surface area contributed by atoms with Crippen LogP contribution in [0.5, 0.6) is 5.75 Å². The maximum absolute atomic E-state index is 13.1. The van der Waals surface area contributed by atoms with E-state index in [1.165, 1.54) is 43.1 Å². The van der Waals surface area contributed by atoms with Crippen LogP contribution in [0.2, 0.25) is 0 Å². The van der Waals surface area contributed by atoms with Gasteiger partial charge in [-0.1, -0.05) is 0 Å².